The third-order valence-corrected chi connectivity index (χ3v) is 3.11. The lowest BCUT2D eigenvalue weighted by Gasteiger charge is -2.11. The normalized spacial score (nSPS) is 12.2. The highest BCUT2D eigenvalue weighted by molar-refractivity contribution is 9.10. The minimum absolute atomic E-state index is 0.0426. The van der Waals surface area contributed by atoms with Crippen molar-refractivity contribution in [2.45, 2.75) is 13.3 Å². The molecule has 1 amide bonds. The van der Waals surface area contributed by atoms with Crippen molar-refractivity contribution in [2.24, 2.45) is 5.92 Å². The monoisotopic (exact) mass is 301 g/mol. The van der Waals surface area contributed by atoms with E-state index in [1.165, 1.54) is 6.07 Å². The van der Waals surface area contributed by atoms with Gasteiger partial charge in [-0.15, -0.1) is 0 Å². The van der Waals surface area contributed by atoms with Gasteiger partial charge in [0.15, 0.2) is 0 Å². The van der Waals surface area contributed by atoms with Crippen LogP contribution in [0.5, 0.6) is 5.75 Å². The first-order chi connectivity index (χ1) is 8.04. The maximum Gasteiger partial charge on any atom is 0.251 e. The van der Waals surface area contributed by atoms with Crippen molar-refractivity contribution < 1.29 is 15.0 Å². The molecular formula is C12H16BrNO3. The molecule has 94 valence electrons. The van der Waals surface area contributed by atoms with E-state index in [9.17, 15) is 9.90 Å². The van der Waals surface area contributed by atoms with Gasteiger partial charge in [0, 0.05) is 18.7 Å². The molecule has 1 rings (SSSR count). The van der Waals surface area contributed by atoms with E-state index in [0.29, 0.717) is 23.0 Å². The molecule has 0 fully saturated rings. The van der Waals surface area contributed by atoms with Gasteiger partial charge in [-0.25, -0.2) is 0 Å². The molecule has 0 aliphatic rings. The summed E-state index contributed by atoms with van der Waals surface area (Å²) in [6, 6.07) is 4.67. The van der Waals surface area contributed by atoms with Crippen LogP contribution in [0.4, 0.5) is 0 Å². The van der Waals surface area contributed by atoms with Crippen molar-refractivity contribution in [1.29, 1.82) is 0 Å². The minimum atomic E-state index is -0.224. The molecule has 1 unspecified atom stereocenters. The summed E-state index contributed by atoms with van der Waals surface area (Å²) in [4.78, 5) is 11.7. The maximum atomic E-state index is 11.7. The maximum absolute atomic E-state index is 11.7. The second-order valence-electron chi connectivity index (χ2n) is 3.99. The number of aliphatic hydroxyl groups is 1. The summed E-state index contributed by atoms with van der Waals surface area (Å²) in [6.45, 7) is 2.59. The van der Waals surface area contributed by atoms with E-state index in [2.05, 4.69) is 21.2 Å². The van der Waals surface area contributed by atoms with Gasteiger partial charge in [-0.2, -0.15) is 0 Å². The summed E-state index contributed by atoms with van der Waals surface area (Å²) < 4.78 is 0.558. The van der Waals surface area contributed by atoms with Gasteiger partial charge >= 0.3 is 0 Å². The Kier molecular flexibility index (Phi) is 5.44. The molecule has 0 bridgehead atoms. The fourth-order valence-electron chi connectivity index (χ4n) is 1.35. The molecule has 0 aromatic heterocycles. The molecule has 1 aromatic carbocycles. The summed E-state index contributed by atoms with van der Waals surface area (Å²) in [7, 11) is 0. The Morgan fingerprint density at radius 1 is 1.53 bits per heavy atom. The number of benzene rings is 1. The number of rotatable bonds is 5. The molecule has 5 heteroatoms. The zero-order chi connectivity index (χ0) is 12.8. The number of aliphatic hydroxyl groups excluding tert-OH is 1. The summed E-state index contributed by atoms with van der Waals surface area (Å²) in [6.07, 6.45) is 0.659. The quantitative estimate of drug-likeness (QED) is 0.778. The Balaban J connectivity index is 2.55. The van der Waals surface area contributed by atoms with Crippen LogP contribution in [0.15, 0.2) is 22.7 Å². The zero-order valence-corrected chi connectivity index (χ0v) is 11.2. The van der Waals surface area contributed by atoms with Crippen LogP contribution >= 0.6 is 15.9 Å². The molecule has 4 nitrogen and oxygen atoms in total. The third-order valence-electron chi connectivity index (χ3n) is 2.44. The first-order valence-corrected chi connectivity index (χ1v) is 6.21. The van der Waals surface area contributed by atoms with E-state index in [4.69, 9.17) is 5.11 Å². The standard InChI is InChI=1S/C12H16BrNO3/c1-8(4-5-15)7-14-12(17)9-2-3-10(13)11(16)6-9/h2-3,6,8,15-16H,4-5,7H2,1H3,(H,14,17). The second-order valence-corrected chi connectivity index (χ2v) is 4.85. The van der Waals surface area contributed by atoms with Crippen molar-refractivity contribution in [2.75, 3.05) is 13.2 Å². The molecule has 0 aliphatic carbocycles. The largest absolute Gasteiger partial charge is 0.507 e. The average Bonchev–Trinajstić information content (AvgIpc) is 2.30. The predicted molar refractivity (Wildman–Crippen MR) is 69.0 cm³/mol. The number of hydrogen-bond acceptors (Lipinski definition) is 3. The molecule has 17 heavy (non-hydrogen) atoms. The Morgan fingerprint density at radius 2 is 2.24 bits per heavy atom. The molecule has 0 radical (unpaired) electrons. The number of hydrogen-bond donors (Lipinski definition) is 3. The van der Waals surface area contributed by atoms with Gasteiger partial charge in [0.1, 0.15) is 5.75 Å². The highest BCUT2D eigenvalue weighted by atomic mass is 79.9. The van der Waals surface area contributed by atoms with E-state index >= 15 is 0 Å². The Morgan fingerprint density at radius 3 is 2.82 bits per heavy atom. The number of phenols is 1. The first kappa shape index (κ1) is 14.0. The van der Waals surface area contributed by atoms with Gasteiger partial charge in [0.2, 0.25) is 0 Å². The van der Waals surface area contributed by atoms with E-state index in [-0.39, 0.29) is 24.2 Å². The van der Waals surface area contributed by atoms with Crippen LogP contribution in [0.2, 0.25) is 0 Å². The smallest absolute Gasteiger partial charge is 0.251 e. The highest BCUT2D eigenvalue weighted by Crippen LogP contribution is 2.24. The van der Waals surface area contributed by atoms with Gasteiger partial charge in [-0.3, -0.25) is 4.79 Å². The molecule has 0 saturated heterocycles. The van der Waals surface area contributed by atoms with Crippen LogP contribution in [-0.2, 0) is 0 Å². The van der Waals surface area contributed by atoms with E-state index in [1.807, 2.05) is 6.92 Å². The number of nitrogens with one attached hydrogen (secondary N) is 1. The molecule has 0 saturated carbocycles. The Bertz CT molecular complexity index is 395. The lowest BCUT2D eigenvalue weighted by molar-refractivity contribution is 0.0945. The number of amides is 1. The minimum Gasteiger partial charge on any atom is -0.507 e. The van der Waals surface area contributed by atoms with Crippen LogP contribution < -0.4 is 5.32 Å². The summed E-state index contributed by atoms with van der Waals surface area (Å²) >= 11 is 3.15. The molecule has 0 aliphatic heterocycles. The van der Waals surface area contributed by atoms with Crippen molar-refractivity contribution in [3.8, 4) is 5.75 Å². The van der Waals surface area contributed by atoms with Crippen LogP contribution in [0.25, 0.3) is 0 Å². The van der Waals surface area contributed by atoms with Gasteiger partial charge < -0.3 is 15.5 Å². The van der Waals surface area contributed by atoms with Crippen molar-refractivity contribution in [3.63, 3.8) is 0 Å². The van der Waals surface area contributed by atoms with Gasteiger partial charge in [-0.05, 0) is 46.5 Å². The van der Waals surface area contributed by atoms with Crippen LogP contribution in [0.1, 0.15) is 23.7 Å². The van der Waals surface area contributed by atoms with Crippen LogP contribution in [0, 0.1) is 5.92 Å². The summed E-state index contributed by atoms with van der Waals surface area (Å²) in [5, 5.41) is 20.9. The van der Waals surface area contributed by atoms with Crippen molar-refractivity contribution in [3.05, 3.63) is 28.2 Å². The summed E-state index contributed by atoms with van der Waals surface area (Å²) in [5.41, 5.74) is 0.418. The van der Waals surface area contributed by atoms with Crippen molar-refractivity contribution >= 4 is 21.8 Å². The molecule has 1 atom stereocenters. The topological polar surface area (TPSA) is 69.6 Å². The van der Waals surface area contributed by atoms with E-state index in [1.54, 1.807) is 12.1 Å². The van der Waals surface area contributed by atoms with E-state index in [0.717, 1.165) is 0 Å². The predicted octanol–water partition coefficient (Wildman–Crippen LogP) is 1.90. The molecule has 1 aromatic rings. The first-order valence-electron chi connectivity index (χ1n) is 5.42. The average molecular weight is 302 g/mol. The van der Waals surface area contributed by atoms with Crippen LogP contribution in [0.3, 0.4) is 0 Å². The fraction of sp³-hybridized carbons (Fsp3) is 0.417. The lowest BCUT2D eigenvalue weighted by Crippen LogP contribution is -2.28. The number of carbonyl (C=O) groups is 1. The number of phenolic OH excluding ortho intramolecular Hbond substituents is 1. The molecule has 3 N–H and O–H groups in total. The lowest BCUT2D eigenvalue weighted by atomic mass is 10.1. The second kappa shape index (κ2) is 6.61. The fourth-order valence-corrected chi connectivity index (χ4v) is 1.59. The third kappa shape index (κ3) is 4.36. The highest BCUT2D eigenvalue weighted by Gasteiger charge is 2.09. The Labute approximate surface area is 109 Å². The van der Waals surface area contributed by atoms with Gasteiger partial charge in [-0.1, -0.05) is 6.92 Å². The van der Waals surface area contributed by atoms with Crippen molar-refractivity contribution in [1.82, 2.24) is 5.32 Å². The molecule has 0 spiro atoms. The number of halogens is 1. The number of aromatic hydroxyl groups is 1. The molecular weight excluding hydrogens is 286 g/mol. The zero-order valence-electron chi connectivity index (χ0n) is 9.61. The summed E-state index contributed by atoms with van der Waals surface area (Å²) in [5.74, 6) is 0.0478. The van der Waals surface area contributed by atoms with E-state index < -0.39 is 0 Å². The molecule has 0 heterocycles. The SMILES string of the molecule is CC(CCO)CNC(=O)c1ccc(Br)c(O)c1. The van der Waals surface area contributed by atoms with Crippen LogP contribution in [-0.4, -0.2) is 29.3 Å². The van der Waals surface area contributed by atoms with Gasteiger partial charge in [0.25, 0.3) is 5.91 Å². The van der Waals surface area contributed by atoms with Gasteiger partial charge in [0.05, 0.1) is 4.47 Å². The Hall–Kier alpha value is -1.07. The number of carbonyl (C=O) groups excluding carboxylic acids is 1.